The van der Waals surface area contributed by atoms with Gasteiger partial charge in [0.25, 0.3) is 5.91 Å². The van der Waals surface area contributed by atoms with Crippen LogP contribution in [0, 0.1) is 0 Å². The fraction of sp³-hybridized carbons (Fsp3) is 0.467. The maximum atomic E-state index is 11.7. The zero-order chi connectivity index (χ0) is 14.6. The molecule has 0 aliphatic carbocycles. The van der Waals surface area contributed by atoms with Gasteiger partial charge in [0.15, 0.2) is 0 Å². The summed E-state index contributed by atoms with van der Waals surface area (Å²) in [6, 6.07) is 8.91. The van der Waals surface area contributed by atoms with Crippen LogP contribution in [-0.2, 0) is 4.79 Å². The van der Waals surface area contributed by atoms with Gasteiger partial charge in [0.05, 0.1) is 0 Å². The summed E-state index contributed by atoms with van der Waals surface area (Å²) in [5.74, 6) is -0.233. The Labute approximate surface area is 119 Å². The Bertz CT molecular complexity index is 407. The number of hydrogen-bond donors (Lipinski definition) is 3. The molecule has 0 aliphatic rings. The predicted molar refractivity (Wildman–Crippen MR) is 77.3 cm³/mol. The zero-order valence-electron chi connectivity index (χ0n) is 11.6. The predicted octanol–water partition coefficient (Wildman–Crippen LogP) is 1.09. The van der Waals surface area contributed by atoms with Crippen molar-refractivity contribution in [2.45, 2.75) is 25.7 Å². The summed E-state index contributed by atoms with van der Waals surface area (Å²) in [6.45, 7) is 1.14. The van der Waals surface area contributed by atoms with Gasteiger partial charge in [0.1, 0.15) is 0 Å². The van der Waals surface area contributed by atoms with Crippen molar-refractivity contribution in [1.29, 1.82) is 0 Å². The van der Waals surface area contributed by atoms with Crippen LogP contribution in [0.25, 0.3) is 0 Å². The number of carbonyl (C=O) groups is 2. The average Bonchev–Trinajstić information content (AvgIpc) is 2.48. The Hall–Kier alpha value is -1.88. The molecule has 0 fully saturated rings. The van der Waals surface area contributed by atoms with Crippen LogP contribution < -0.4 is 10.6 Å². The van der Waals surface area contributed by atoms with Crippen LogP contribution in [0.4, 0.5) is 0 Å². The number of nitrogens with one attached hydrogen (secondary N) is 2. The number of benzene rings is 1. The molecule has 0 spiro atoms. The average molecular weight is 278 g/mol. The number of unbranched alkanes of at least 4 members (excludes halogenated alkanes) is 2. The normalized spacial score (nSPS) is 10.1. The highest BCUT2D eigenvalue weighted by molar-refractivity contribution is 5.94. The molecule has 20 heavy (non-hydrogen) atoms. The first-order valence-electron chi connectivity index (χ1n) is 6.95. The fourth-order valence-electron chi connectivity index (χ4n) is 1.71. The molecule has 0 saturated carbocycles. The van der Waals surface area contributed by atoms with Gasteiger partial charge in [-0.2, -0.15) is 0 Å². The van der Waals surface area contributed by atoms with Gasteiger partial charge in [0, 0.05) is 31.7 Å². The van der Waals surface area contributed by atoms with Crippen molar-refractivity contribution in [3.05, 3.63) is 35.9 Å². The van der Waals surface area contributed by atoms with E-state index in [1.54, 1.807) is 24.3 Å². The van der Waals surface area contributed by atoms with Crippen LogP contribution in [0.2, 0.25) is 0 Å². The van der Waals surface area contributed by atoms with E-state index in [0.29, 0.717) is 18.7 Å². The smallest absolute Gasteiger partial charge is 0.251 e. The molecule has 0 heterocycles. The molecular formula is C15H22N2O3. The summed E-state index contributed by atoms with van der Waals surface area (Å²) in [7, 11) is 0. The minimum Gasteiger partial charge on any atom is -0.396 e. The van der Waals surface area contributed by atoms with E-state index in [1.165, 1.54) is 0 Å². The lowest BCUT2D eigenvalue weighted by molar-refractivity contribution is -0.120. The molecule has 5 nitrogen and oxygen atoms in total. The Morgan fingerprint density at radius 1 is 0.950 bits per heavy atom. The molecule has 0 unspecified atom stereocenters. The molecule has 1 aromatic rings. The summed E-state index contributed by atoms with van der Waals surface area (Å²) in [6.07, 6.45) is 2.81. The second-order valence-electron chi connectivity index (χ2n) is 4.51. The number of aliphatic hydroxyl groups excluding tert-OH is 1. The first-order chi connectivity index (χ1) is 9.74. The van der Waals surface area contributed by atoms with E-state index in [9.17, 15) is 9.59 Å². The van der Waals surface area contributed by atoms with E-state index in [4.69, 9.17) is 5.11 Å². The molecule has 1 aromatic carbocycles. The SMILES string of the molecule is O=C(CCNC(=O)c1ccccc1)NCCCCCO. The van der Waals surface area contributed by atoms with E-state index in [-0.39, 0.29) is 24.8 Å². The minimum atomic E-state index is -0.165. The minimum absolute atomic E-state index is 0.0673. The molecule has 2 amide bonds. The van der Waals surface area contributed by atoms with Crippen LogP contribution in [0.1, 0.15) is 36.0 Å². The molecular weight excluding hydrogens is 256 g/mol. The summed E-state index contributed by atoms with van der Waals surface area (Å²) < 4.78 is 0. The van der Waals surface area contributed by atoms with Crippen molar-refractivity contribution >= 4 is 11.8 Å². The Balaban J connectivity index is 2.08. The van der Waals surface area contributed by atoms with Crippen LogP contribution in [0.15, 0.2) is 30.3 Å². The highest BCUT2D eigenvalue weighted by atomic mass is 16.3. The van der Waals surface area contributed by atoms with E-state index < -0.39 is 0 Å². The number of aliphatic hydroxyl groups is 1. The largest absolute Gasteiger partial charge is 0.396 e. The molecule has 1 rings (SSSR count). The van der Waals surface area contributed by atoms with Crippen molar-refractivity contribution in [3.63, 3.8) is 0 Å². The molecule has 5 heteroatoms. The maximum Gasteiger partial charge on any atom is 0.251 e. The summed E-state index contributed by atoms with van der Waals surface area (Å²) in [5, 5.41) is 14.1. The molecule has 0 atom stereocenters. The zero-order valence-corrected chi connectivity index (χ0v) is 11.6. The molecule has 110 valence electrons. The second kappa shape index (κ2) is 9.97. The second-order valence-corrected chi connectivity index (χ2v) is 4.51. The fourth-order valence-corrected chi connectivity index (χ4v) is 1.71. The number of carbonyl (C=O) groups excluding carboxylic acids is 2. The van der Waals surface area contributed by atoms with Gasteiger partial charge in [-0.05, 0) is 31.4 Å². The lowest BCUT2D eigenvalue weighted by atomic mass is 10.2. The van der Waals surface area contributed by atoms with Gasteiger partial charge >= 0.3 is 0 Å². The van der Waals surface area contributed by atoms with Gasteiger partial charge in [0.2, 0.25) is 5.91 Å². The first kappa shape index (κ1) is 16.2. The summed E-state index contributed by atoms with van der Waals surface area (Å²) in [4.78, 5) is 23.2. The third-order valence-electron chi connectivity index (χ3n) is 2.83. The Kier molecular flexibility index (Phi) is 8.07. The van der Waals surface area contributed by atoms with E-state index >= 15 is 0 Å². The molecule has 0 aromatic heterocycles. The highest BCUT2D eigenvalue weighted by Gasteiger charge is 2.05. The summed E-state index contributed by atoms with van der Waals surface area (Å²) in [5.41, 5.74) is 0.594. The standard InChI is InChI=1S/C15H22N2O3/c18-12-6-2-5-10-16-14(19)9-11-17-15(20)13-7-3-1-4-8-13/h1,3-4,7-8,18H,2,5-6,9-12H2,(H,16,19)(H,17,20). The highest BCUT2D eigenvalue weighted by Crippen LogP contribution is 1.97. The third kappa shape index (κ3) is 6.89. The molecule has 3 N–H and O–H groups in total. The van der Waals surface area contributed by atoms with Crippen LogP contribution in [0.5, 0.6) is 0 Å². The van der Waals surface area contributed by atoms with Gasteiger partial charge in [-0.1, -0.05) is 18.2 Å². The number of hydrogen-bond acceptors (Lipinski definition) is 3. The first-order valence-corrected chi connectivity index (χ1v) is 6.95. The molecule has 0 saturated heterocycles. The van der Waals surface area contributed by atoms with Crippen molar-refractivity contribution in [1.82, 2.24) is 10.6 Å². The van der Waals surface area contributed by atoms with Gasteiger partial charge in [-0.3, -0.25) is 9.59 Å². The van der Waals surface area contributed by atoms with E-state index in [1.807, 2.05) is 6.07 Å². The van der Waals surface area contributed by atoms with Crippen molar-refractivity contribution in [2.24, 2.45) is 0 Å². The number of rotatable bonds is 9. The van der Waals surface area contributed by atoms with Crippen LogP contribution >= 0.6 is 0 Å². The monoisotopic (exact) mass is 278 g/mol. The molecule has 0 bridgehead atoms. The van der Waals surface area contributed by atoms with Gasteiger partial charge < -0.3 is 15.7 Å². The van der Waals surface area contributed by atoms with Gasteiger partial charge in [-0.25, -0.2) is 0 Å². The Morgan fingerprint density at radius 2 is 1.70 bits per heavy atom. The lowest BCUT2D eigenvalue weighted by Crippen LogP contribution is -2.31. The quantitative estimate of drug-likeness (QED) is 0.592. The van der Waals surface area contributed by atoms with Gasteiger partial charge in [-0.15, -0.1) is 0 Å². The van der Waals surface area contributed by atoms with Crippen LogP contribution in [-0.4, -0.2) is 36.6 Å². The van der Waals surface area contributed by atoms with Crippen molar-refractivity contribution < 1.29 is 14.7 Å². The van der Waals surface area contributed by atoms with Crippen LogP contribution in [0.3, 0.4) is 0 Å². The topological polar surface area (TPSA) is 78.4 Å². The number of amides is 2. The molecule has 0 radical (unpaired) electrons. The summed E-state index contributed by atoms with van der Waals surface area (Å²) >= 11 is 0. The van der Waals surface area contributed by atoms with Crippen molar-refractivity contribution in [3.8, 4) is 0 Å². The third-order valence-corrected chi connectivity index (χ3v) is 2.83. The molecule has 0 aliphatic heterocycles. The van der Waals surface area contributed by atoms with E-state index in [2.05, 4.69) is 10.6 Å². The van der Waals surface area contributed by atoms with E-state index in [0.717, 1.165) is 19.3 Å². The Morgan fingerprint density at radius 3 is 2.40 bits per heavy atom. The van der Waals surface area contributed by atoms with Crippen molar-refractivity contribution in [2.75, 3.05) is 19.7 Å². The lowest BCUT2D eigenvalue weighted by Gasteiger charge is -2.06. The maximum absolute atomic E-state index is 11.7.